The molecule has 0 saturated heterocycles. The first-order valence-corrected chi connectivity index (χ1v) is 12.5. The SMILES string of the molecule is C=C[C@H](Cc1ccc(C(F)(F)F)cc1)[C@@H](Cc1ccc(F)cc1)[C@H](C)OC(=O)[C@H](C)CC(=O)OC(C)(C)C. The van der Waals surface area contributed by atoms with Crippen LogP contribution in [0.5, 0.6) is 0 Å². The fraction of sp³-hybridized carbons (Fsp3) is 0.467. The summed E-state index contributed by atoms with van der Waals surface area (Å²) in [5.41, 5.74) is 0.0636. The first kappa shape index (κ1) is 31.1. The van der Waals surface area contributed by atoms with Crippen molar-refractivity contribution in [1.29, 1.82) is 0 Å². The van der Waals surface area contributed by atoms with Crippen LogP contribution < -0.4 is 0 Å². The van der Waals surface area contributed by atoms with Crippen LogP contribution in [0.2, 0.25) is 0 Å². The normalized spacial score (nSPS) is 15.2. The lowest BCUT2D eigenvalue weighted by Gasteiger charge is -2.31. The summed E-state index contributed by atoms with van der Waals surface area (Å²) < 4.78 is 63.5. The molecular formula is C30H36F4O4. The van der Waals surface area contributed by atoms with E-state index in [9.17, 15) is 27.2 Å². The van der Waals surface area contributed by atoms with E-state index >= 15 is 0 Å². The first-order valence-electron chi connectivity index (χ1n) is 12.5. The van der Waals surface area contributed by atoms with E-state index < -0.39 is 41.3 Å². The molecule has 0 saturated carbocycles. The number of alkyl halides is 3. The van der Waals surface area contributed by atoms with Gasteiger partial charge in [-0.15, -0.1) is 6.58 Å². The van der Waals surface area contributed by atoms with Gasteiger partial charge in [0.25, 0.3) is 0 Å². The molecule has 0 radical (unpaired) electrons. The quantitative estimate of drug-likeness (QED) is 0.171. The van der Waals surface area contributed by atoms with Gasteiger partial charge in [-0.05, 0) is 81.8 Å². The summed E-state index contributed by atoms with van der Waals surface area (Å²) in [6.45, 7) is 12.4. The first-order chi connectivity index (χ1) is 17.6. The standard InChI is InChI=1S/C30H36F4O4/c1-7-23(17-21-8-12-24(13-9-21)30(32,33)34)26(18-22-10-14-25(31)15-11-22)20(3)37-28(36)19(2)16-27(35)38-29(4,5)6/h7-15,19-20,23,26H,1,16-18H2,2-6H3/t19-,20+,23-,26+/m1/s1. The number of allylic oxidation sites excluding steroid dienone is 1. The van der Waals surface area contributed by atoms with E-state index in [2.05, 4.69) is 6.58 Å². The summed E-state index contributed by atoms with van der Waals surface area (Å²) in [6.07, 6.45) is -2.73. The van der Waals surface area contributed by atoms with Crippen LogP contribution in [0.3, 0.4) is 0 Å². The smallest absolute Gasteiger partial charge is 0.416 e. The molecule has 0 unspecified atom stereocenters. The second-order valence-electron chi connectivity index (χ2n) is 10.6. The third-order valence-corrected chi connectivity index (χ3v) is 6.19. The molecule has 208 valence electrons. The molecular weight excluding hydrogens is 500 g/mol. The average Bonchev–Trinajstić information content (AvgIpc) is 2.80. The topological polar surface area (TPSA) is 52.6 Å². The van der Waals surface area contributed by atoms with Crippen molar-refractivity contribution in [3.05, 3.63) is 83.7 Å². The van der Waals surface area contributed by atoms with Crippen LogP contribution in [0.4, 0.5) is 17.6 Å². The van der Waals surface area contributed by atoms with Crippen molar-refractivity contribution in [2.24, 2.45) is 17.8 Å². The van der Waals surface area contributed by atoms with E-state index in [1.807, 2.05) is 0 Å². The lowest BCUT2D eigenvalue weighted by molar-refractivity contribution is -0.164. The van der Waals surface area contributed by atoms with Crippen molar-refractivity contribution in [3.8, 4) is 0 Å². The Balaban J connectivity index is 2.21. The average molecular weight is 537 g/mol. The second kappa shape index (κ2) is 13.1. The van der Waals surface area contributed by atoms with Gasteiger partial charge < -0.3 is 9.47 Å². The zero-order chi connectivity index (χ0) is 28.7. The van der Waals surface area contributed by atoms with Crippen molar-refractivity contribution >= 4 is 11.9 Å². The molecule has 38 heavy (non-hydrogen) atoms. The summed E-state index contributed by atoms with van der Waals surface area (Å²) in [6, 6.07) is 10.9. The van der Waals surface area contributed by atoms with Gasteiger partial charge in [0, 0.05) is 5.92 Å². The molecule has 0 amide bonds. The maximum absolute atomic E-state index is 13.5. The van der Waals surface area contributed by atoms with Gasteiger partial charge in [-0.25, -0.2) is 4.39 Å². The van der Waals surface area contributed by atoms with Crippen LogP contribution in [0.15, 0.2) is 61.2 Å². The number of hydrogen-bond acceptors (Lipinski definition) is 4. The van der Waals surface area contributed by atoms with E-state index in [4.69, 9.17) is 9.47 Å². The Bertz CT molecular complexity index is 1070. The fourth-order valence-electron chi connectivity index (χ4n) is 4.17. The summed E-state index contributed by atoms with van der Waals surface area (Å²) in [7, 11) is 0. The molecule has 0 spiro atoms. The minimum Gasteiger partial charge on any atom is -0.462 e. The van der Waals surface area contributed by atoms with Gasteiger partial charge in [0.2, 0.25) is 0 Å². The van der Waals surface area contributed by atoms with E-state index in [1.165, 1.54) is 24.3 Å². The van der Waals surface area contributed by atoms with Gasteiger partial charge in [0.1, 0.15) is 17.5 Å². The lowest BCUT2D eigenvalue weighted by atomic mass is 9.79. The maximum Gasteiger partial charge on any atom is 0.416 e. The van der Waals surface area contributed by atoms with E-state index in [1.54, 1.807) is 52.8 Å². The van der Waals surface area contributed by atoms with Crippen LogP contribution in [0.25, 0.3) is 0 Å². The molecule has 0 aliphatic carbocycles. The number of carbonyl (C=O) groups excluding carboxylic acids is 2. The van der Waals surface area contributed by atoms with Crippen LogP contribution in [-0.4, -0.2) is 23.6 Å². The number of rotatable bonds is 11. The number of hydrogen-bond donors (Lipinski definition) is 0. The van der Waals surface area contributed by atoms with Gasteiger partial charge >= 0.3 is 18.1 Å². The number of ether oxygens (including phenoxy) is 2. The summed E-state index contributed by atoms with van der Waals surface area (Å²) >= 11 is 0. The minimum atomic E-state index is -4.43. The van der Waals surface area contributed by atoms with Gasteiger partial charge in [0.15, 0.2) is 0 Å². The molecule has 2 aromatic rings. The number of carbonyl (C=O) groups is 2. The van der Waals surface area contributed by atoms with E-state index in [-0.39, 0.29) is 24.1 Å². The van der Waals surface area contributed by atoms with Crippen molar-refractivity contribution in [3.63, 3.8) is 0 Å². The summed E-state index contributed by atoms with van der Waals surface area (Å²) in [4.78, 5) is 25.0. The molecule has 8 heteroatoms. The second-order valence-corrected chi connectivity index (χ2v) is 10.6. The van der Waals surface area contributed by atoms with Crippen molar-refractivity contribution in [2.75, 3.05) is 0 Å². The van der Waals surface area contributed by atoms with E-state index in [0.29, 0.717) is 18.4 Å². The molecule has 0 N–H and O–H groups in total. The molecule has 4 nitrogen and oxygen atoms in total. The molecule has 0 aliphatic heterocycles. The minimum absolute atomic E-state index is 0.137. The molecule has 4 atom stereocenters. The molecule has 0 heterocycles. The third-order valence-electron chi connectivity index (χ3n) is 6.19. The Morgan fingerprint density at radius 3 is 1.95 bits per heavy atom. The van der Waals surface area contributed by atoms with Crippen LogP contribution in [0, 0.1) is 23.6 Å². The predicted octanol–water partition coefficient (Wildman–Crippen LogP) is 7.35. The monoisotopic (exact) mass is 536 g/mol. The largest absolute Gasteiger partial charge is 0.462 e. The van der Waals surface area contributed by atoms with E-state index in [0.717, 1.165) is 17.7 Å². The maximum atomic E-state index is 13.5. The van der Waals surface area contributed by atoms with Crippen LogP contribution in [0.1, 0.15) is 57.7 Å². The highest BCUT2D eigenvalue weighted by Crippen LogP contribution is 2.32. The Morgan fingerprint density at radius 2 is 1.45 bits per heavy atom. The molecule has 0 aliphatic rings. The zero-order valence-corrected chi connectivity index (χ0v) is 22.5. The lowest BCUT2D eigenvalue weighted by Crippen LogP contribution is -2.34. The Labute approximate surface area is 222 Å². The van der Waals surface area contributed by atoms with Gasteiger partial charge in [0.05, 0.1) is 17.9 Å². The van der Waals surface area contributed by atoms with Gasteiger partial charge in [-0.3, -0.25) is 9.59 Å². The highest BCUT2D eigenvalue weighted by Gasteiger charge is 2.32. The molecule has 2 aromatic carbocycles. The van der Waals surface area contributed by atoms with Crippen molar-refractivity contribution in [1.82, 2.24) is 0 Å². The fourth-order valence-corrected chi connectivity index (χ4v) is 4.17. The number of benzene rings is 2. The zero-order valence-electron chi connectivity index (χ0n) is 22.5. The highest BCUT2D eigenvalue weighted by atomic mass is 19.4. The molecule has 0 bridgehead atoms. The number of halogens is 4. The summed E-state index contributed by atoms with van der Waals surface area (Å²) in [5, 5.41) is 0. The molecule has 0 fully saturated rings. The number of esters is 2. The molecule has 0 aromatic heterocycles. The summed E-state index contributed by atoms with van der Waals surface area (Å²) in [5.74, 6) is -2.80. The Hall–Kier alpha value is -3.16. The third kappa shape index (κ3) is 9.95. The predicted molar refractivity (Wildman–Crippen MR) is 138 cm³/mol. The van der Waals surface area contributed by atoms with Crippen molar-refractivity contribution in [2.45, 2.75) is 71.8 Å². The van der Waals surface area contributed by atoms with Crippen LogP contribution >= 0.6 is 0 Å². The van der Waals surface area contributed by atoms with Crippen molar-refractivity contribution < 1.29 is 36.6 Å². The van der Waals surface area contributed by atoms with Crippen LogP contribution in [-0.2, 0) is 38.1 Å². The Kier molecular flexibility index (Phi) is 10.7. The molecule has 2 rings (SSSR count). The highest BCUT2D eigenvalue weighted by molar-refractivity contribution is 5.79. The Morgan fingerprint density at radius 1 is 0.921 bits per heavy atom. The van der Waals surface area contributed by atoms with Gasteiger partial charge in [-0.2, -0.15) is 13.2 Å². The van der Waals surface area contributed by atoms with Gasteiger partial charge in [-0.1, -0.05) is 37.3 Å².